The third-order valence-electron chi connectivity index (χ3n) is 2.83. The van der Waals surface area contributed by atoms with Gasteiger partial charge in [-0.15, -0.1) is 11.3 Å². The summed E-state index contributed by atoms with van der Waals surface area (Å²) in [6.45, 7) is 3.47. The van der Waals surface area contributed by atoms with Crippen LogP contribution in [0.25, 0.3) is 0 Å². The quantitative estimate of drug-likeness (QED) is 0.802. The molecular formula is C14H15FN2O4S2. The number of hydrogen-bond donors (Lipinski definition) is 1. The average Bonchev–Trinajstić information content (AvgIpc) is 2.84. The topological polar surface area (TPSA) is 85.4 Å². The van der Waals surface area contributed by atoms with E-state index in [1.165, 1.54) is 13.0 Å². The van der Waals surface area contributed by atoms with Gasteiger partial charge in [0.2, 0.25) is 0 Å². The summed E-state index contributed by atoms with van der Waals surface area (Å²) in [5, 5.41) is 1.71. The molecule has 6 nitrogen and oxygen atoms in total. The minimum absolute atomic E-state index is 0.0261. The number of aryl methyl sites for hydroxylation is 1. The molecule has 0 aliphatic heterocycles. The van der Waals surface area contributed by atoms with Gasteiger partial charge in [-0.2, -0.15) is 0 Å². The second-order valence-corrected chi connectivity index (χ2v) is 7.15. The first-order valence-electron chi connectivity index (χ1n) is 6.71. The molecule has 124 valence electrons. The number of esters is 1. The summed E-state index contributed by atoms with van der Waals surface area (Å²) < 4.78 is 44.8. The van der Waals surface area contributed by atoms with E-state index in [1.807, 2.05) is 0 Å². The number of nitrogens with zero attached hydrogens (tertiary/aromatic N) is 1. The highest BCUT2D eigenvalue weighted by Crippen LogP contribution is 2.23. The van der Waals surface area contributed by atoms with Crippen molar-refractivity contribution < 1.29 is 22.3 Å². The van der Waals surface area contributed by atoms with E-state index < -0.39 is 21.8 Å². The maximum atomic E-state index is 13.1. The predicted octanol–water partition coefficient (Wildman–Crippen LogP) is 2.50. The Labute approximate surface area is 137 Å². The van der Waals surface area contributed by atoms with E-state index in [-0.39, 0.29) is 23.1 Å². The highest BCUT2D eigenvalue weighted by Gasteiger charge is 2.19. The molecule has 2 aromatic rings. The van der Waals surface area contributed by atoms with Crippen molar-refractivity contribution in [3.63, 3.8) is 0 Å². The summed E-state index contributed by atoms with van der Waals surface area (Å²) in [4.78, 5) is 15.4. The lowest BCUT2D eigenvalue weighted by Gasteiger charge is -2.08. The van der Waals surface area contributed by atoms with Crippen LogP contribution in [0.3, 0.4) is 0 Å². The molecule has 0 aliphatic carbocycles. The molecule has 1 aromatic carbocycles. The van der Waals surface area contributed by atoms with Crippen molar-refractivity contribution in [1.82, 2.24) is 4.98 Å². The standard InChI is InChI=1S/C14H15FN2O4S2/c1-3-21-13(18)7-11-8-22-14(16-11)17-23(19,20)12-5-4-10(15)6-9(12)2/h4-6,8H,3,7H2,1-2H3,(H,16,17). The fourth-order valence-electron chi connectivity index (χ4n) is 1.88. The van der Waals surface area contributed by atoms with Crippen LogP contribution in [0, 0.1) is 12.7 Å². The van der Waals surface area contributed by atoms with E-state index in [9.17, 15) is 17.6 Å². The van der Waals surface area contributed by atoms with Crippen molar-refractivity contribution in [2.75, 3.05) is 11.3 Å². The summed E-state index contributed by atoms with van der Waals surface area (Å²) >= 11 is 1.06. The molecule has 0 saturated carbocycles. The van der Waals surface area contributed by atoms with Crippen LogP contribution in [-0.4, -0.2) is 26.0 Å². The van der Waals surface area contributed by atoms with Crippen LogP contribution in [0.4, 0.5) is 9.52 Å². The number of rotatable bonds is 6. The third kappa shape index (κ3) is 4.49. The molecule has 1 heterocycles. The van der Waals surface area contributed by atoms with Crippen molar-refractivity contribution in [3.8, 4) is 0 Å². The summed E-state index contributed by atoms with van der Waals surface area (Å²) in [6.07, 6.45) is -0.0261. The lowest BCUT2D eigenvalue weighted by molar-refractivity contribution is -0.142. The van der Waals surface area contributed by atoms with E-state index in [0.29, 0.717) is 11.3 Å². The Morgan fingerprint density at radius 1 is 1.43 bits per heavy atom. The van der Waals surface area contributed by atoms with Gasteiger partial charge in [-0.1, -0.05) is 0 Å². The maximum absolute atomic E-state index is 13.1. The molecule has 0 aliphatic rings. The van der Waals surface area contributed by atoms with E-state index >= 15 is 0 Å². The Hall–Kier alpha value is -2.00. The Bertz CT molecular complexity index is 818. The number of ether oxygens (including phenoxy) is 1. The minimum Gasteiger partial charge on any atom is -0.466 e. The van der Waals surface area contributed by atoms with Gasteiger partial charge in [-0.25, -0.2) is 17.8 Å². The smallest absolute Gasteiger partial charge is 0.311 e. The normalized spacial score (nSPS) is 11.3. The predicted molar refractivity (Wildman–Crippen MR) is 84.4 cm³/mol. The number of nitrogens with one attached hydrogen (secondary N) is 1. The summed E-state index contributed by atoms with van der Waals surface area (Å²) in [6, 6.07) is 3.42. The lowest BCUT2D eigenvalue weighted by atomic mass is 10.2. The molecule has 1 N–H and O–H groups in total. The fraction of sp³-hybridized carbons (Fsp3) is 0.286. The van der Waals surface area contributed by atoms with Crippen molar-refractivity contribution in [3.05, 3.63) is 40.7 Å². The van der Waals surface area contributed by atoms with Crippen molar-refractivity contribution in [2.24, 2.45) is 0 Å². The number of benzene rings is 1. The van der Waals surface area contributed by atoms with Gasteiger partial charge >= 0.3 is 5.97 Å². The first-order valence-corrected chi connectivity index (χ1v) is 9.07. The molecule has 2 rings (SSSR count). The Morgan fingerprint density at radius 3 is 2.83 bits per heavy atom. The SMILES string of the molecule is CCOC(=O)Cc1csc(NS(=O)(=O)c2ccc(F)cc2C)n1. The Morgan fingerprint density at radius 2 is 2.17 bits per heavy atom. The zero-order chi connectivity index (χ0) is 17.0. The molecule has 0 bridgehead atoms. The molecule has 23 heavy (non-hydrogen) atoms. The van der Waals surface area contributed by atoms with Crippen molar-refractivity contribution in [2.45, 2.75) is 25.2 Å². The van der Waals surface area contributed by atoms with E-state index in [2.05, 4.69) is 9.71 Å². The van der Waals surface area contributed by atoms with Crippen LogP contribution in [0.2, 0.25) is 0 Å². The van der Waals surface area contributed by atoms with Crippen LogP contribution in [0.15, 0.2) is 28.5 Å². The molecule has 0 amide bonds. The number of anilines is 1. The number of carbonyl (C=O) groups is 1. The second-order valence-electron chi connectivity index (χ2n) is 4.64. The third-order valence-corrected chi connectivity index (χ3v) is 5.27. The summed E-state index contributed by atoms with van der Waals surface area (Å²) in [5.41, 5.74) is 0.711. The fourth-order valence-corrected chi connectivity index (χ4v) is 4.07. The molecule has 0 radical (unpaired) electrons. The second kappa shape index (κ2) is 7.05. The minimum atomic E-state index is -3.87. The van der Waals surface area contributed by atoms with Gasteiger partial charge < -0.3 is 4.74 Å². The van der Waals surface area contributed by atoms with E-state index in [4.69, 9.17) is 4.74 Å². The van der Waals surface area contributed by atoms with Gasteiger partial charge in [-0.3, -0.25) is 9.52 Å². The molecule has 0 saturated heterocycles. The first-order chi connectivity index (χ1) is 10.8. The van der Waals surface area contributed by atoms with Crippen LogP contribution < -0.4 is 4.72 Å². The van der Waals surface area contributed by atoms with Crippen molar-refractivity contribution in [1.29, 1.82) is 0 Å². The Kier molecular flexibility index (Phi) is 5.32. The average molecular weight is 358 g/mol. The molecular weight excluding hydrogens is 343 g/mol. The van der Waals surface area contributed by atoms with Gasteiger partial charge in [0.15, 0.2) is 5.13 Å². The monoisotopic (exact) mass is 358 g/mol. The highest BCUT2D eigenvalue weighted by atomic mass is 32.2. The van der Waals surface area contributed by atoms with Gasteiger partial charge in [0.25, 0.3) is 10.0 Å². The molecule has 9 heteroatoms. The highest BCUT2D eigenvalue weighted by molar-refractivity contribution is 7.93. The van der Waals surface area contributed by atoms with Gasteiger partial charge in [0.1, 0.15) is 5.82 Å². The van der Waals surface area contributed by atoms with Crippen LogP contribution in [0.5, 0.6) is 0 Å². The summed E-state index contributed by atoms with van der Waals surface area (Å²) in [5.74, 6) is -0.936. The van der Waals surface area contributed by atoms with Gasteiger partial charge in [0.05, 0.1) is 23.6 Å². The van der Waals surface area contributed by atoms with Crippen LogP contribution in [0.1, 0.15) is 18.2 Å². The van der Waals surface area contributed by atoms with E-state index in [0.717, 1.165) is 23.5 Å². The largest absolute Gasteiger partial charge is 0.466 e. The number of hydrogen-bond acceptors (Lipinski definition) is 6. The van der Waals surface area contributed by atoms with Crippen LogP contribution >= 0.6 is 11.3 Å². The maximum Gasteiger partial charge on any atom is 0.311 e. The van der Waals surface area contributed by atoms with Crippen molar-refractivity contribution >= 4 is 32.5 Å². The number of halogens is 1. The number of thiazole rings is 1. The van der Waals surface area contributed by atoms with E-state index in [1.54, 1.807) is 12.3 Å². The van der Waals surface area contributed by atoms with Gasteiger partial charge in [-0.05, 0) is 37.6 Å². The zero-order valence-electron chi connectivity index (χ0n) is 12.5. The molecule has 0 atom stereocenters. The molecule has 0 unspecified atom stereocenters. The number of carbonyl (C=O) groups excluding carboxylic acids is 1. The molecule has 0 fully saturated rings. The Balaban J connectivity index is 2.15. The number of sulfonamides is 1. The molecule has 0 spiro atoms. The number of aromatic nitrogens is 1. The van der Waals surface area contributed by atoms with Crippen LogP contribution in [-0.2, 0) is 26.0 Å². The molecule has 1 aromatic heterocycles. The summed E-state index contributed by atoms with van der Waals surface area (Å²) in [7, 11) is -3.87. The lowest BCUT2D eigenvalue weighted by Crippen LogP contribution is -2.14. The van der Waals surface area contributed by atoms with Gasteiger partial charge in [0, 0.05) is 5.38 Å². The first kappa shape index (κ1) is 17.4. The zero-order valence-corrected chi connectivity index (χ0v) is 14.1.